The van der Waals surface area contributed by atoms with Gasteiger partial charge in [-0.2, -0.15) is 0 Å². The Morgan fingerprint density at radius 2 is 1.85 bits per heavy atom. The quantitative estimate of drug-likeness (QED) is 0.887. The van der Waals surface area contributed by atoms with Crippen molar-refractivity contribution in [1.82, 2.24) is 0 Å². The predicted octanol–water partition coefficient (Wildman–Crippen LogP) is 4.42. The topological polar surface area (TPSA) is 26.0 Å². The van der Waals surface area contributed by atoms with E-state index in [4.69, 9.17) is 17.3 Å². The Bertz CT molecular complexity index is 595. The third kappa shape index (κ3) is 3.00. The molecule has 0 bridgehead atoms. The normalized spacial score (nSPS) is 14.1. The van der Waals surface area contributed by atoms with Crippen molar-refractivity contribution in [3.05, 3.63) is 70.2 Å². The molecular formula is C16H16ClF2N. The van der Waals surface area contributed by atoms with Crippen LogP contribution in [-0.4, -0.2) is 0 Å². The van der Waals surface area contributed by atoms with E-state index in [9.17, 15) is 8.78 Å². The second kappa shape index (κ2) is 5.90. The summed E-state index contributed by atoms with van der Waals surface area (Å²) in [5, 5.41) is 0.338. The lowest BCUT2D eigenvalue weighted by Gasteiger charge is -2.29. The Morgan fingerprint density at radius 3 is 2.45 bits per heavy atom. The van der Waals surface area contributed by atoms with E-state index >= 15 is 0 Å². The van der Waals surface area contributed by atoms with Gasteiger partial charge in [-0.1, -0.05) is 36.7 Å². The highest BCUT2D eigenvalue weighted by atomic mass is 35.5. The molecule has 106 valence electrons. The van der Waals surface area contributed by atoms with Crippen molar-refractivity contribution in [3.8, 4) is 0 Å². The largest absolute Gasteiger partial charge is 0.321 e. The minimum absolute atomic E-state index is 0.221. The molecule has 0 heterocycles. The van der Waals surface area contributed by atoms with Crippen LogP contribution in [0.25, 0.3) is 0 Å². The Balaban J connectivity index is 2.42. The monoisotopic (exact) mass is 295 g/mol. The van der Waals surface area contributed by atoms with Crippen LogP contribution in [0.1, 0.15) is 24.5 Å². The lowest BCUT2D eigenvalue weighted by atomic mass is 9.82. The fourth-order valence-electron chi connectivity index (χ4n) is 2.25. The molecule has 0 aromatic heterocycles. The molecule has 2 aromatic rings. The van der Waals surface area contributed by atoms with Crippen LogP contribution in [0.3, 0.4) is 0 Å². The summed E-state index contributed by atoms with van der Waals surface area (Å²) in [6.45, 7) is 1.89. The van der Waals surface area contributed by atoms with Gasteiger partial charge in [0, 0.05) is 16.1 Å². The van der Waals surface area contributed by atoms with Crippen LogP contribution < -0.4 is 5.73 Å². The summed E-state index contributed by atoms with van der Waals surface area (Å²) < 4.78 is 27.3. The molecule has 0 spiro atoms. The number of rotatable bonds is 4. The van der Waals surface area contributed by atoms with Crippen LogP contribution in [0.4, 0.5) is 8.78 Å². The van der Waals surface area contributed by atoms with Crippen LogP contribution >= 0.6 is 11.6 Å². The van der Waals surface area contributed by atoms with Crippen LogP contribution in [0.5, 0.6) is 0 Å². The fourth-order valence-corrected chi connectivity index (χ4v) is 2.48. The SMILES string of the molecule is CCC(N)(Cc1c(F)cccc1Cl)c1cccc(F)c1. The summed E-state index contributed by atoms with van der Waals surface area (Å²) in [6.07, 6.45) is 0.763. The van der Waals surface area contributed by atoms with Gasteiger partial charge in [0.05, 0.1) is 0 Å². The maximum Gasteiger partial charge on any atom is 0.127 e. The first kappa shape index (κ1) is 14.9. The van der Waals surface area contributed by atoms with E-state index in [1.807, 2.05) is 6.92 Å². The molecule has 0 aliphatic carbocycles. The van der Waals surface area contributed by atoms with Crippen LogP contribution in [0.2, 0.25) is 5.02 Å². The van der Waals surface area contributed by atoms with Crippen LogP contribution in [-0.2, 0) is 12.0 Å². The molecule has 2 aromatic carbocycles. The van der Waals surface area contributed by atoms with Crippen LogP contribution in [0, 0.1) is 11.6 Å². The standard InChI is InChI=1S/C16H16ClF2N/c1-2-16(20,11-5-3-6-12(18)9-11)10-13-14(17)7-4-8-15(13)19/h3-9H,2,10,20H2,1H3. The Hall–Kier alpha value is -1.45. The number of hydrogen-bond acceptors (Lipinski definition) is 1. The summed E-state index contributed by atoms with van der Waals surface area (Å²) in [4.78, 5) is 0. The first-order valence-electron chi connectivity index (χ1n) is 6.44. The molecule has 20 heavy (non-hydrogen) atoms. The number of nitrogens with two attached hydrogens (primary N) is 1. The molecule has 0 radical (unpaired) electrons. The van der Waals surface area contributed by atoms with Crippen molar-refractivity contribution < 1.29 is 8.78 Å². The zero-order chi connectivity index (χ0) is 14.8. The lowest BCUT2D eigenvalue weighted by molar-refractivity contribution is 0.413. The molecule has 0 saturated carbocycles. The van der Waals surface area contributed by atoms with E-state index in [-0.39, 0.29) is 12.2 Å². The van der Waals surface area contributed by atoms with E-state index in [2.05, 4.69) is 0 Å². The van der Waals surface area contributed by atoms with Crippen LogP contribution in [0.15, 0.2) is 42.5 Å². The lowest BCUT2D eigenvalue weighted by Crippen LogP contribution is -2.38. The van der Waals surface area contributed by atoms with Crippen molar-refractivity contribution in [2.45, 2.75) is 25.3 Å². The maximum absolute atomic E-state index is 13.9. The van der Waals surface area contributed by atoms with Gasteiger partial charge < -0.3 is 5.73 Å². The van der Waals surface area contributed by atoms with E-state index in [0.717, 1.165) is 0 Å². The second-order valence-electron chi connectivity index (χ2n) is 4.90. The van der Waals surface area contributed by atoms with Gasteiger partial charge in [0.15, 0.2) is 0 Å². The number of halogens is 3. The molecule has 0 fully saturated rings. The first-order chi connectivity index (χ1) is 9.46. The Labute approximate surface area is 122 Å². The third-order valence-electron chi connectivity index (χ3n) is 3.58. The van der Waals surface area contributed by atoms with E-state index in [1.54, 1.807) is 24.3 Å². The Morgan fingerprint density at radius 1 is 1.15 bits per heavy atom. The highest BCUT2D eigenvalue weighted by molar-refractivity contribution is 6.31. The van der Waals surface area contributed by atoms with Gasteiger partial charge in [-0.05, 0) is 42.7 Å². The molecule has 0 amide bonds. The van der Waals surface area contributed by atoms with Crippen molar-refractivity contribution >= 4 is 11.6 Å². The molecule has 0 aliphatic heterocycles. The van der Waals surface area contributed by atoms with Crippen molar-refractivity contribution in [2.24, 2.45) is 5.73 Å². The van der Waals surface area contributed by atoms with Crippen molar-refractivity contribution in [2.75, 3.05) is 0 Å². The first-order valence-corrected chi connectivity index (χ1v) is 6.82. The van der Waals surface area contributed by atoms with Crippen molar-refractivity contribution in [1.29, 1.82) is 0 Å². The molecule has 0 saturated heterocycles. The fraction of sp³-hybridized carbons (Fsp3) is 0.250. The van der Waals surface area contributed by atoms with E-state index in [1.165, 1.54) is 18.2 Å². The van der Waals surface area contributed by atoms with Gasteiger partial charge in [0.25, 0.3) is 0 Å². The maximum atomic E-state index is 13.9. The summed E-state index contributed by atoms with van der Waals surface area (Å²) in [6, 6.07) is 10.6. The van der Waals surface area contributed by atoms with Gasteiger partial charge in [0.1, 0.15) is 11.6 Å². The van der Waals surface area contributed by atoms with Gasteiger partial charge in [-0.25, -0.2) is 8.78 Å². The summed E-state index contributed by atoms with van der Waals surface area (Å²) >= 11 is 6.04. The molecule has 2 N–H and O–H groups in total. The summed E-state index contributed by atoms with van der Waals surface area (Å²) in [7, 11) is 0. The average molecular weight is 296 g/mol. The minimum Gasteiger partial charge on any atom is -0.321 e. The van der Waals surface area contributed by atoms with E-state index < -0.39 is 11.4 Å². The van der Waals surface area contributed by atoms with Gasteiger partial charge >= 0.3 is 0 Å². The highest BCUT2D eigenvalue weighted by Gasteiger charge is 2.28. The van der Waals surface area contributed by atoms with Gasteiger partial charge in [-0.15, -0.1) is 0 Å². The molecule has 1 nitrogen and oxygen atoms in total. The highest BCUT2D eigenvalue weighted by Crippen LogP contribution is 2.31. The van der Waals surface area contributed by atoms with Gasteiger partial charge in [0.2, 0.25) is 0 Å². The molecule has 1 unspecified atom stereocenters. The summed E-state index contributed by atoms with van der Waals surface area (Å²) in [5.74, 6) is -0.748. The van der Waals surface area contributed by atoms with Crippen molar-refractivity contribution in [3.63, 3.8) is 0 Å². The third-order valence-corrected chi connectivity index (χ3v) is 3.94. The molecule has 0 aliphatic rings. The molecule has 2 rings (SSSR count). The molecular weight excluding hydrogens is 280 g/mol. The average Bonchev–Trinajstić information content (AvgIpc) is 2.43. The zero-order valence-electron chi connectivity index (χ0n) is 11.2. The van der Waals surface area contributed by atoms with E-state index in [0.29, 0.717) is 22.6 Å². The molecule has 4 heteroatoms. The van der Waals surface area contributed by atoms with Gasteiger partial charge in [-0.3, -0.25) is 0 Å². The zero-order valence-corrected chi connectivity index (χ0v) is 11.9. The minimum atomic E-state index is -0.853. The number of hydrogen-bond donors (Lipinski definition) is 1. The predicted molar refractivity (Wildman–Crippen MR) is 77.7 cm³/mol. The smallest absolute Gasteiger partial charge is 0.127 e. The summed E-state index contributed by atoms with van der Waals surface area (Å²) in [5.41, 5.74) is 6.51. The number of benzene rings is 2. The molecule has 1 atom stereocenters. The Kier molecular flexibility index (Phi) is 4.41. The second-order valence-corrected chi connectivity index (χ2v) is 5.30.